The third kappa shape index (κ3) is 4.15. The summed E-state index contributed by atoms with van der Waals surface area (Å²) in [6.45, 7) is 2.97. The third-order valence-electron chi connectivity index (χ3n) is 2.98. The van der Waals surface area contributed by atoms with E-state index in [1.165, 1.54) is 17.5 Å². The predicted molar refractivity (Wildman–Crippen MR) is 90.4 cm³/mol. The van der Waals surface area contributed by atoms with Crippen LogP contribution in [0.5, 0.6) is 0 Å². The summed E-state index contributed by atoms with van der Waals surface area (Å²) in [5.74, 6) is 0.801. The standard InChI is InChI=1S/C14H18ClN5S/c1-2-3-4-9-17-14(21)20-13(16)18-12(19-20)10-5-7-11(15)8-6-10/h5-8H,2-4,9H2,1H3,(H,17,21)(H2,16,18,19). The minimum absolute atomic E-state index is 0.271. The van der Waals surface area contributed by atoms with E-state index in [0.717, 1.165) is 18.5 Å². The number of nitrogens with zero attached hydrogens (tertiary/aromatic N) is 3. The second-order valence-corrected chi connectivity index (χ2v) is 5.47. The fraction of sp³-hybridized carbons (Fsp3) is 0.357. The van der Waals surface area contributed by atoms with E-state index in [1.807, 2.05) is 12.1 Å². The zero-order valence-corrected chi connectivity index (χ0v) is 13.4. The first kappa shape index (κ1) is 15.7. The number of nitrogen functional groups attached to an aromatic ring is 1. The maximum Gasteiger partial charge on any atom is 0.226 e. The molecule has 7 heteroatoms. The number of aromatic nitrogens is 3. The van der Waals surface area contributed by atoms with Gasteiger partial charge in [0.1, 0.15) is 0 Å². The Morgan fingerprint density at radius 2 is 2.05 bits per heavy atom. The van der Waals surface area contributed by atoms with E-state index in [4.69, 9.17) is 29.6 Å². The van der Waals surface area contributed by atoms with E-state index in [0.29, 0.717) is 16.0 Å². The molecule has 0 spiro atoms. The van der Waals surface area contributed by atoms with Gasteiger partial charge in [0, 0.05) is 17.1 Å². The van der Waals surface area contributed by atoms with E-state index in [-0.39, 0.29) is 5.95 Å². The van der Waals surface area contributed by atoms with Crippen LogP contribution in [0, 0.1) is 0 Å². The van der Waals surface area contributed by atoms with Crippen molar-refractivity contribution in [2.75, 3.05) is 12.3 Å². The van der Waals surface area contributed by atoms with Crippen LogP contribution in [-0.4, -0.2) is 26.4 Å². The summed E-state index contributed by atoms with van der Waals surface area (Å²) in [4.78, 5) is 4.24. The molecule has 0 fully saturated rings. The first-order valence-corrected chi connectivity index (χ1v) is 7.67. The quantitative estimate of drug-likeness (QED) is 0.653. The lowest BCUT2D eigenvalue weighted by molar-refractivity contribution is 0.688. The van der Waals surface area contributed by atoms with Crippen LogP contribution >= 0.6 is 23.8 Å². The van der Waals surface area contributed by atoms with Crippen molar-refractivity contribution < 1.29 is 0 Å². The molecule has 0 bridgehead atoms. The smallest absolute Gasteiger partial charge is 0.226 e. The topological polar surface area (TPSA) is 68.8 Å². The fourth-order valence-electron chi connectivity index (χ4n) is 1.84. The predicted octanol–water partition coefficient (Wildman–Crippen LogP) is 3.09. The van der Waals surface area contributed by atoms with Crippen LogP contribution in [-0.2, 0) is 0 Å². The van der Waals surface area contributed by atoms with Gasteiger partial charge in [0.25, 0.3) is 0 Å². The van der Waals surface area contributed by atoms with Gasteiger partial charge in [-0.05, 0) is 42.9 Å². The van der Waals surface area contributed by atoms with Crippen LogP contribution in [0.25, 0.3) is 11.4 Å². The molecule has 0 saturated heterocycles. The maximum absolute atomic E-state index is 5.88. The highest BCUT2D eigenvalue weighted by molar-refractivity contribution is 7.80. The second-order valence-electron chi connectivity index (χ2n) is 4.65. The SMILES string of the molecule is CCCCCNC(=S)n1nc(-c2ccc(Cl)cc2)nc1N. The number of halogens is 1. The number of thiocarbonyl (C=S) groups is 1. The molecule has 1 aromatic carbocycles. The maximum atomic E-state index is 5.88. The molecule has 0 unspecified atom stereocenters. The molecule has 5 nitrogen and oxygen atoms in total. The first-order chi connectivity index (χ1) is 10.1. The third-order valence-corrected chi connectivity index (χ3v) is 3.55. The molecule has 1 aromatic heterocycles. The molecule has 21 heavy (non-hydrogen) atoms. The molecule has 3 N–H and O–H groups in total. The fourth-order valence-corrected chi connectivity index (χ4v) is 2.20. The van der Waals surface area contributed by atoms with Gasteiger partial charge in [0.15, 0.2) is 10.9 Å². The van der Waals surface area contributed by atoms with Gasteiger partial charge in [-0.1, -0.05) is 31.4 Å². The van der Waals surface area contributed by atoms with Crippen molar-refractivity contribution in [3.63, 3.8) is 0 Å². The van der Waals surface area contributed by atoms with E-state index in [2.05, 4.69) is 22.3 Å². The largest absolute Gasteiger partial charge is 0.368 e. The van der Waals surface area contributed by atoms with E-state index in [1.54, 1.807) is 12.1 Å². The molecule has 0 aliphatic rings. The van der Waals surface area contributed by atoms with Gasteiger partial charge < -0.3 is 11.1 Å². The summed E-state index contributed by atoms with van der Waals surface area (Å²) in [6.07, 6.45) is 3.40. The molecule has 0 aliphatic heterocycles. The minimum atomic E-state index is 0.271. The van der Waals surface area contributed by atoms with Crippen LogP contribution in [0.2, 0.25) is 5.02 Å². The molecule has 2 aromatic rings. The van der Waals surface area contributed by atoms with Crippen LogP contribution in [0.15, 0.2) is 24.3 Å². The van der Waals surface area contributed by atoms with Gasteiger partial charge >= 0.3 is 0 Å². The number of hydrogen-bond donors (Lipinski definition) is 2. The van der Waals surface area contributed by atoms with Crippen molar-refractivity contribution >= 4 is 34.9 Å². The minimum Gasteiger partial charge on any atom is -0.368 e. The summed E-state index contributed by atoms with van der Waals surface area (Å²) in [7, 11) is 0. The van der Waals surface area contributed by atoms with Crippen LogP contribution in [0.4, 0.5) is 5.95 Å². The Hall–Kier alpha value is -1.66. The van der Waals surface area contributed by atoms with E-state index >= 15 is 0 Å². The Morgan fingerprint density at radius 3 is 2.71 bits per heavy atom. The lowest BCUT2D eigenvalue weighted by Crippen LogP contribution is -2.30. The number of unbranched alkanes of at least 4 members (excludes halogenated alkanes) is 2. The summed E-state index contributed by atoms with van der Waals surface area (Å²) in [6, 6.07) is 7.27. The summed E-state index contributed by atoms with van der Waals surface area (Å²) >= 11 is 11.2. The zero-order chi connectivity index (χ0) is 15.2. The van der Waals surface area contributed by atoms with Gasteiger partial charge in [-0.3, -0.25) is 0 Å². The monoisotopic (exact) mass is 323 g/mol. The summed E-state index contributed by atoms with van der Waals surface area (Å²) in [5, 5.41) is 8.62. The van der Waals surface area contributed by atoms with Crippen molar-refractivity contribution in [2.24, 2.45) is 0 Å². The number of rotatable bonds is 5. The summed E-state index contributed by atoms with van der Waals surface area (Å²) in [5.41, 5.74) is 6.72. The molecule has 0 radical (unpaired) electrons. The Kier molecular flexibility index (Phi) is 5.52. The molecule has 2 rings (SSSR count). The van der Waals surface area contributed by atoms with Gasteiger partial charge in [-0.15, -0.1) is 5.10 Å². The number of anilines is 1. The van der Waals surface area contributed by atoms with Gasteiger partial charge in [0.2, 0.25) is 5.95 Å². The van der Waals surface area contributed by atoms with Gasteiger partial charge in [-0.2, -0.15) is 9.67 Å². The summed E-state index contributed by atoms with van der Waals surface area (Å²) < 4.78 is 1.45. The van der Waals surface area contributed by atoms with Crippen LogP contribution < -0.4 is 11.1 Å². The molecule has 0 saturated carbocycles. The van der Waals surface area contributed by atoms with Crippen LogP contribution in [0.3, 0.4) is 0 Å². The first-order valence-electron chi connectivity index (χ1n) is 6.88. The lowest BCUT2D eigenvalue weighted by atomic mass is 10.2. The number of hydrogen-bond acceptors (Lipinski definition) is 4. The highest BCUT2D eigenvalue weighted by Gasteiger charge is 2.12. The highest BCUT2D eigenvalue weighted by atomic mass is 35.5. The zero-order valence-electron chi connectivity index (χ0n) is 11.8. The van der Waals surface area contributed by atoms with E-state index < -0.39 is 0 Å². The molecule has 112 valence electrons. The van der Waals surface area contributed by atoms with Crippen molar-refractivity contribution in [1.82, 2.24) is 20.1 Å². The molecule has 0 atom stereocenters. The van der Waals surface area contributed by atoms with Crippen molar-refractivity contribution in [3.05, 3.63) is 29.3 Å². The molecule has 0 amide bonds. The Morgan fingerprint density at radius 1 is 1.33 bits per heavy atom. The average Bonchev–Trinajstić information content (AvgIpc) is 2.86. The van der Waals surface area contributed by atoms with Crippen molar-refractivity contribution in [2.45, 2.75) is 26.2 Å². The molecule has 1 heterocycles. The van der Waals surface area contributed by atoms with Crippen molar-refractivity contribution in [1.29, 1.82) is 0 Å². The average molecular weight is 324 g/mol. The number of nitrogens with two attached hydrogens (primary N) is 1. The van der Waals surface area contributed by atoms with Crippen molar-refractivity contribution in [3.8, 4) is 11.4 Å². The molecular weight excluding hydrogens is 306 g/mol. The number of benzene rings is 1. The van der Waals surface area contributed by atoms with Gasteiger partial charge in [0.05, 0.1) is 0 Å². The Balaban J connectivity index is 2.08. The Bertz CT molecular complexity index is 608. The molecular formula is C14H18ClN5S. The normalized spacial score (nSPS) is 10.6. The second kappa shape index (κ2) is 7.38. The number of nitrogens with one attached hydrogen (secondary N) is 1. The lowest BCUT2D eigenvalue weighted by Gasteiger charge is -2.07. The highest BCUT2D eigenvalue weighted by Crippen LogP contribution is 2.19. The molecule has 0 aliphatic carbocycles. The Labute approximate surface area is 134 Å². The van der Waals surface area contributed by atoms with Gasteiger partial charge in [-0.25, -0.2) is 0 Å². The van der Waals surface area contributed by atoms with Crippen LogP contribution in [0.1, 0.15) is 26.2 Å². The van der Waals surface area contributed by atoms with E-state index in [9.17, 15) is 0 Å².